The summed E-state index contributed by atoms with van der Waals surface area (Å²) in [6, 6.07) is 5.70. The van der Waals surface area contributed by atoms with E-state index >= 15 is 0 Å². The number of carbonyl (C=O) groups excluding carboxylic acids is 1. The van der Waals surface area contributed by atoms with Gasteiger partial charge in [0.05, 0.1) is 22.6 Å². The van der Waals surface area contributed by atoms with Crippen molar-refractivity contribution in [3.05, 3.63) is 39.4 Å². The van der Waals surface area contributed by atoms with Crippen LogP contribution in [0.1, 0.15) is 17.2 Å². The van der Waals surface area contributed by atoms with Gasteiger partial charge in [-0.1, -0.05) is 0 Å². The van der Waals surface area contributed by atoms with E-state index < -0.39 is 4.92 Å². The quantitative estimate of drug-likeness (QED) is 0.651. The van der Waals surface area contributed by atoms with E-state index in [1.807, 2.05) is 6.07 Å². The van der Waals surface area contributed by atoms with Crippen LogP contribution in [0.25, 0.3) is 0 Å². The maximum atomic E-state index is 12.3. The van der Waals surface area contributed by atoms with Gasteiger partial charge in [-0.15, -0.1) is 0 Å². The minimum absolute atomic E-state index is 0.130. The molecule has 0 radical (unpaired) electrons. The molecular weight excluding hydrogens is 286 g/mol. The number of amides is 2. The van der Waals surface area contributed by atoms with Crippen molar-refractivity contribution in [1.82, 2.24) is 15.1 Å². The smallest absolute Gasteiger partial charge is 0.320 e. The van der Waals surface area contributed by atoms with Crippen LogP contribution in [0, 0.1) is 21.4 Å². The molecule has 8 nitrogen and oxygen atoms in total. The van der Waals surface area contributed by atoms with Crippen molar-refractivity contribution in [1.29, 1.82) is 5.26 Å². The Balaban J connectivity index is 2.41. The number of nitro benzene ring substituents is 1. The van der Waals surface area contributed by atoms with Gasteiger partial charge in [-0.2, -0.15) is 5.26 Å². The molecule has 1 fully saturated rings. The zero-order valence-corrected chi connectivity index (χ0v) is 12.4. The van der Waals surface area contributed by atoms with E-state index in [0.29, 0.717) is 25.2 Å². The predicted octanol–water partition coefficient (Wildman–Crippen LogP) is 1.09. The van der Waals surface area contributed by atoms with E-state index in [1.54, 1.807) is 25.1 Å². The van der Waals surface area contributed by atoms with Gasteiger partial charge in [-0.3, -0.25) is 10.1 Å². The Bertz CT molecular complexity index is 638. The minimum Gasteiger partial charge on any atom is -0.331 e. The van der Waals surface area contributed by atoms with E-state index in [2.05, 4.69) is 5.32 Å². The molecule has 1 N–H and O–H groups in total. The number of rotatable bonds is 2. The fourth-order valence-corrected chi connectivity index (χ4v) is 2.51. The number of nitro groups is 1. The Labute approximate surface area is 128 Å². The lowest BCUT2D eigenvalue weighted by atomic mass is 9.97. The van der Waals surface area contributed by atoms with Gasteiger partial charge < -0.3 is 15.1 Å². The molecule has 0 aromatic heterocycles. The number of hydrogen-bond donors (Lipinski definition) is 1. The summed E-state index contributed by atoms with van der Waals surface area (Å²) < 4.78 is 0. The van der Waals surface area contributed by atoms with Crippen LogP contribution in [0.3, 0.4) is 0 Å². The van der Waals surface area contributed by atoms with Crippen LogP contribution in [-0.2, 0) is 0 Å². The number of non-ortho nitro benzene ring substituents is 1. The van der Waals surface area contributed by atoms with E-state index in [4.69, 9.17) is 0 Å². The zero-order valence-electron chi connectivity index (χ0n) is 12.4. The van der Waals surface area contributed by atoms with Crippen LogP contribution in [-0.4, -0.2) is 54.5 Å². The van der Waals surface area contributed by atoms with Gasteiger partial charge in [-0.25, -0.2) is 4.79 Å². The minimum atomic E-state index is -0.535. The van der Waals surface area contributed by atoms with Gasteiger partial charge in [-0.05, 0) is 11.6 Å². The summed E-state index contributed by atoms with van der Waals surface area (Å²) in [4.78, 5) is 25.7. The first-order chi connectivity index (χ1) is 10.5. The second-order valence-corrected chi connectivity index (χ2v) is 5.23. The number of nitrogens with one attached hydrogen (secondary N) is 1. The van der Waals surface area contributed by atoms with Gasteiger partial charge >= 0.3 is 6.03 Å². The summed E-state index contributed by atoms with van der Waals surface area (Å²) in [6.07, 6.45) is 0. The maximum Gasteiger partial charge on any atom is 0.320 e. The molecule has 22 heavy (non-hydrogen) atoms. The van der Waals surface area contributed by atoms with Gasteiger partial charge in [0.15, 0.2) is 0 Å². The predicted molar refractivity (Wildman–Crippen MR) is 79.2 cm³/mol. The number of hydrogen-bond acceptors (Lipinski definition) is 5. The highest BCUT2D eigenvalue weighted by atomic mass is 16.6. The molecule has 1 aromatic rings. The molecule has 1 unspecified atom stereocenters. The fourth-order valence-electron chi connectivity index (χ4n) is 2.51. The highest BCUT2D eigenvalue weighted by Gasteiger charge is 2.31. The maximum absolute atomic E-state index is 12.3. The number of nitriles is 1. The normalized spacial score (nSPS) is 17.7. The number of piperazine rings is 1. The van der Waals surface area contributed by atoms with Gasteiger partial charge in [0.2, 0.25) is 0 Å². The number of nitrogens with zero attached hydrogens (tertiary/aromatic N) is 4. The zero-order chi connectivity index (χ0) is 16.3. The lowest BCUT2D eigenvalue weighted by molar-refractivity contribution is -0.384. The van der Waals surface area contributed by atoms with Gasteiger partial charge in [0.1, 0.15) is 0 Å². The molecule has 1 aliphatic rings. The van der Waals surface area contributed by atoms with E-state index in [9.17, 15) is 20.2 Å². The van der Waals surface area contributed by atoms with Gasteiger partial charge in [0.25, 0.3) is 5.69 Å². The Hall–Kier alpha value is -2.66. The SMILES string of the molecule is CN(C)C(=O)N1CCNCC1c1ccc([N+](=O)[O-])cc1C#N. The van der Waals surface area contributed by atoms with Crippen LogP contribution in [0.4, 0.5) is 10.5 Å². The largest absolute Gasteiger partial charge is 0.331 e. The summed E-state index contributed by atoms with van der Waals surface area (Å²) in [5.41, 5.74) is 0.713. The van der Waals surface area contributed by atoms with Crippen molar-refractivity contribution in [2.45, 2.75) is 6.04 Å². The van der Waals surface area contributed by atoms with Crippen molar-refractivity contribution < 1.29 is 9.72 Å². The molecule has 1 saturated heterocycles. The Morgan fingerprint density at radius 1 is 1.55 bits per heavy atom. The molecule has 1 aliphatic heterocycles. The fraction of sp³-hybridized carbons (Fsp3) is 0.429. The van der Waals surface area contributed by atoms with Crippen molar-refractivity contribution in [2.75, 3.05) is 33.7 Å². The Morgan fingerprint density at radius 2 is 2.27 bits per heavy atom. The molecule has 2 amide bonds. The number of urea groups is 1. The van der Waals surface area contributed by atoms with E-state index in [-0.39, 0.29) is 23.3 Å². The molecular formula is C14H17N5O3. The molecule has 2 rings (SSSR count). The van der Waals surface area contributed by atoms with Crippen molar-refractivity contribution in [3.8, 4) is 6.07 Å². The molecule has 0 saturated carbocycles. The molecule has 0 aliphatic carbocycles. The van der Waals surface area contributed by atoms with Crippen LogP contribution < -0.4 is 5.32 Å². The molecule has 116 valence electrons. The van der Waals surface area contributed by atoms with Crippen LogP contribution >= 0.6 is 0 Å². The highest BCUT2D eigenvalue weighted by molar-refractivity contribution is 5.75. The summed E-state index contributed by atoms with van der Waals surface area (Å²) in [6.45, 7) is 1.69. The average Bonchev–Trinajstić information content (AvgIpc) is 2.53. The van der Waals surface area contributed by atoms with Crippen molar-refractivity contribution >= 4 is 11.7 Å². The summed E-state index contributed by atoms with van der Waals surface area (Å²) in [7, 11) is 3.34. The van der Waals surface area contributed by atoms with Crippen molar-refractivity contribution in [2.24, 2.45) is 0 Å². The average molecular weight is 303 g/mol. The topological polar surface area (TPSA) is 103 Å². The third-order valence-electron chi connectivity index (χ3n) is 3.60. The third-order valence-corrected chi connectivity index (χ3v) is 3.60. The first-order valence-electron chi connectivity index (χ1n) is 6.82. The number of benzene rings is 1. The second kappa shape index (κ2) is 6.41. The second-order valence-electron chi connectivity index (χ2n) is 5.23. The van der Waals surface area contributed by atoms with Crippen LogP contribution in [0.15, 0.2) is 18.2 Å². The molecule has 1 heterocycles. The molecule has 0 spiro atoms. The van der Waals surface area contributed by atoms with Crippen LogP contribution in [0.5, 0.6) is 0 Å². The highest BCUT2D eigenvalue weighted by Crippen LogP contribution is 2.28. The van der Waals surface area contributed by atoms with Crippen molar-refractivity contribution in [3.63, 3.8) is 0 Å². The third kappa shape index (κ3) is 2.99. The molecule has 1 atom stereocenters. The number of carbonyl (C=O) groups is 1. The first-order valence-corrected chi connectivity index (χ1v) is 6.82. The lowest BCUT2D eigenvalue weighted by Crippen LogP contribution is -2.51. The summed E-state index contributed by atoms with van der Waals surface area (Å²) in [5, 5.41) is 23.3. The molecule has 8 heteroatoms. The monoisotopic (exact) mass is 303 g/mol. The van der Waals surface area contributed by atoms with Crippen LogP contribution in [0.2, 0.25) is 0 Å². The molecule has 1 aromatic carbocycles. The Kier molecular flexibility index (Phi) is 4.58. The van der Waals surface area contributed by atoms with Gasteiger partial charge in [0, 0.05) is 45.9 Å². The first kappa shape index (κ1) is 15.7. The van der Waals surface area contributed by atoms with E-state index in [0.717, 1.165) is 0 Å². The standard InChI is InChI=1S/C14H17N5O3/c1-17(2)14(20)18-6-5-16-9-13(18)12-4-3-11(19(21)22)7-10(12)8-15/h3-4,7,13,16H,5-6,9H2,1-2H3. The summed E-state index contributed by atoms with van der Waals surface area (Å²) >= 11 is 0. The summed E-state index contributed by atoms with van der Waals surface area (Å²) in [5.74, 6) is 0. The van der Waals surface area contributed by atoms with E-state index in [1.165, 1.54) is 17.0 Å². The molecule has 0 bridgehead atoms. The lowest BCUT2D eigenvalue weighted by Gasteiger charge is -2.38. The Morgan fingerprint density at radius 3 is 2.86 bits per heavy atom.